The second-order valence-corrected chi connectivity index (χ2v) is 5.81. The lowest BCUT2D eigenvalue weighted by molar-refractivity contribution is -0.138. The van der Waals surface area contributed by atoms with Gasteiger partial charge in [0, 0.05) is 25.7 Å². The number of hydrogen-bond acceptors (Lipinski definition) is 6. The summed E-state index contributed by atoms with van der Waals surface area (Å²) < 4.78 is 11.5. The van der Waals surface area contributed by atoms with E-state index in [4.69, 9.17) is 9.47 Å². The molecule has 8 heteroatoms. The van der Waals surface area contributed by atoms with Crippen molar-refractivity contribution in [1.82, 2.24) is 14.7 Å². The van der Waals surface area contributed by atoms with E-state index in [1.54, 1.807) is 18.2 Å². The Bertz CT molecular complexity index is 889. The van der Waals surface area contributed by atoms with Crippen LogP contribution in [0.2, 0.25) is 0 Å². The van der Waals surface area contributed by atoms with Crippen molar-refractivity contribution in [2.75, 3.05) is 28.3 Å². The minimum Gasteiger partial charge on any atom is -0.497 e. The minimum atomic E-state index is -1.32. The zero-order valence-corrected chi connectivity index (χ0v) is 15.3. The molecule has 0 aliphatic carbocycles. The van der Waals surface area contributed by atoms with Crippen molar-refractivity contribution < 1.29 is 19.1 Å². The molecule has 1 aromatic carbocycles. The van der Waals surface area contributed by atoms with Gasteiger partial charge in [0.1, 0.15) is 11.5 Å². The van der Waals surface area contributed by atoms with Gasteiger partial charge in [-0.3, -0.25) is 14.4 Å². The van der Waals surface area contributed by atoms with E-state index in [0.29, 0.717) is 22.8 Å². The lowest BCUT2D eigenvalue weighted by Gasteiger charge is -2.20. The fourth-order valence-electron chi connectivity index (χ4n) is 2.46. The summed E-state index contributed by atoms with van der Waals surface area (Å²) in [6.07, 6.45) is 0. The average molecular weight is 359 g/mol. The zero-order valence-electron chi connectivity index (χ0n) is 15.3. The van der Waals surface area contributed by atoms with Crippen LogP contribution in [0.15, 0.2) is 35.1 Å². The first-order chi connectivity index (χ1) is 12.3. The molecule has 0 bridgehead atoms. The number of rotatable bonds is 6. The van der Waals surface area contributed by atoms with Crippen LogP contribution in [0.25, 0.3) is 11.3 Å². The van der Waals surface area contributed by atoms with Crippen molar-refractivity contribution >= 4 is 11.7 Å². The molecule has 0 saturated heterocycles. The molecule has 0 aliphatic rings. The third-order valence-corrected chi connectivity index (χ3v) is 3.81. The predicted molar refractivity (Wildman–Crippen MR) is 95.4 cm³/mol. The van der Waals surface area contributed by atoms with Crippen molar-refractivity contribution in [3.8, 4) is 22.8 Å². The number of nitrogens with zero attached hydrogens (tertiary/aromatic N) is 3. The quantitative estimate of drug-likeness (QED) is 0.719. The zero-order chi connectivity index (χ0) is 19.4. The van der Waals surface area contributed by atoms with Gasteiger partial charge in [-0.2, -0.15) is 5.10 Å². The third-order valence-electron chi connectivity index (χ3n) is 3.81. The molecule has 0 saturated carbocycles. The van der Waals surface area contributed by atoms with Crippen molar-refractivity contribution in [2.45, 2.75) is 13.0 Å². The number of hydrogen-bond donors (Lipinski definition) is 0. The van der Waals surface area contributed by atoms with Crippen LogP contribution in [0.3, 0.4) is 0 Å². The normalized spacial score (nSPS) is 11.6. The Morgan fingerprint density at radius 3 is 2.35 bits per heavy atom. The Hall–Kier alpha value is -3.16. The van der Waals surface area contributed by atoms with Gasteiger partial charge in [-0.05, 0) is 31.2 Å². The summed E-state index contributed by atoms with van der Waals surface area (Å²) in [7, 11) is 6.06. The Labute approximate surface area is 150 Å². The number of ketones is 1. The summed E-state index contributed by atoms with van der Waals surface area (Å²) in [5.74, 6) is 0.0876. The molecule has 2 rings (SSSR count). The summed E-state index contributed by atoms with van der Waals surface area (Å²) in [6.45, 7) is 1.25. The number of likely N-dealkylation sites (N-methyl/N-ethyl adjacent to an activating group) is 1. The Kier molecular flexibility index (Phi) is 5.76. The maximum Gasteiger partial charge on any atom is 0.267 e. The summed E-state index contributed by atoms with van der Waals surface area (Å²) in [5, 5.41) is 4.25. The largest absolute Gasteiger partial charge is 0.497 e. The summed E-state index contributed by atoms with van der Waals surface area (Å²) >= 11 is 0. The number of carbonyl (C=O) groups excluding carboxylic acids is 2. The number of Topliss-reactive ketones (excluding diaryl/α,β-unsaturated/α-hetero) is 1. The predicted octanol–water partition coefficient (Wildman–Crippen LogP) is 1.15. The van der Waals surface area contributed by atoms with Gasteiger partial charge < -0.3 is 14.4 Å². The Morgan fingerprint density at radius 1 is 1.12 bits per heavy atom. The number of methoxy groups -OCH3 is 2. The molecule has 0 N–H and O–H groups in total. The second kappa shape index (κ2) is 7.81. The fourth-order valence-corrected chi connectivity index (χ4v) is 2.46. The molecule has 0 fully saturated rings. The lowest BCUT2D eigenvalue weighted by atomic mass is 10.1. The number of ether oxygens (including phenoxy) is 2. The monoisotopic (exact) mass is 359 g/mol. The van der Waals surface area contributed by atoms with Crippen LogP contribution in [-0.4, -0.2) is 54.7 Å². The van der Waals surface area contributed by atoms with E-state index in [9.17, 15) is 14.4 Å². The molecule has 1 atom stereocenters. The number of benzene rings is 1. The minimum absolute atomic E-state index is 0.373. The fraction of sp³-hybridized carbons (Fsp3) is 0.333. The van der Waals surface area contributed by atoms with E-state index in [1.165, 1.54) is 52.3 Å². The molecule has 1 unspecified atom stereocenters. The molecular weight excluding hydrogens is 338 g/mol. The molecular formula is C18H21N3O5. The Balaban J connectivity index is 2.66. The highest BCUT2D eigenvalue weighted by atomic mass is 16.5. The Morgan fingerprint density at radius 2 is 1.81 bits per heavy atom. The maximum atomic E-state index is 12.4. The van der Waals surface area contributed by atoms with E-state index in [1.807, 2.05) is 0 Å². The van der Waals surface area contributed by atoms with Crippen LogP contribution in [0.1, 0.15) is 13.0 Å². The van der Waals surface area contributed by atoms with Crippen LogP contribution in [0.4, 0.5) is 0 Å². The van der Waals surface area contributed by atoms with E-state index in [-0.39, 0.29) is 0 Å². The first kappa shape index (κ1) is 19.2. The van der Waals surface area contributed by atoms with Crippen molar-refractivity contribution in [1.29, 1.82) is 0 Å². The number of amides is 1. The molecule has 0 aliphatic heterocycles. The molecule has 8 nitrogen and oxygen atoms in total. The molecule has 138 valence electrons. The molecule has 1 aromatic heterocycles. The highest BCUT2D eigenvalue weighted by Crippen LogP contribution is 2.31. The van der Waals surface area contributed by atoms with Gasteiger partial charge in [-0.15, -0.1) is 0 Å². The van der Waals surface area contributed by atoms with E-state index in [2.05, 4.69) is 5.10 Å². The highest BCUT2D eigenvalue weighted by molar-refractivity contribution is 6.02. The van der Waals surface area contributed by atoms with Crippen LogP contribution in [0, 0.1) is 0 Å². The summed E-state index contributed by atoms with van der Waals surface area (Å²) in [5.41, 5.74) is 0.393. The van der Waals surface area contributed by atoms with E-state index < -0.39 is 23.3 Å². The second-order valence-electron chi connectivity index (χ2n) is 5.81. The average Bonchev–Trinajstić information content (AvgIpc) is 2.62. The summed E-state index contributed by atoms with van der Waals surface area (Å²) in [4.78, 5) is 37.9. The van der Waals surface area contributed by atoms with Crippen LogP contribution in [-0.2, 0) is 9.59 Å². The van der Waals surface area contributed by atoms with Gasteiger partial charge in [-0.1, -0.05) is 0 Å². The maximum absolute atomic E-state index is 12.4. The van der Waals surface area contributed by atoms with Gasteiger partial charge in [0.25, 0.3) is 11.5 Å². The first-order valence-corrected chi connectivity index (χ1v) is 7.84. The lowest BCUT2D eigenvalue weighted by Crippen LogP contribution is -2.41. The SMILES string of the molecule is COc1ccc(OC)c(-c2ccc(=O)n(C(C(C)=O)C(=O)N(C)C)n2)c1. The van der Waals surface area contributed by atoms with Crippen molar-refractivity contribution in [3.63, 3.8) is 0 Å². The number of aromatic nitrogens is 2. The molecule has 0 radical (unpaired) electrons. The van der Waals surface area contributed by atoms with Crippen LogP contribution in [0.5, 0.6) is 11.5 Å². The first-order valence-electron chi connectivity index (χ1n) is 7.84. The van der Waals surface area contributed by atoms with Gasteiger partial charge in [0.2, 0.25) is 0 Å². The van der Waals surface area contributed by atoms with Gasteiger partial charge in [0.05, 0.1) is 19.9 Å². The van der Waals surface area contributed by atoms with E-state index >= 15 is 0 Å². The topological polar surface area (TPSA) is 90.7 Å². The highest BCUT2D eigenvalue weighted by Gasteiger charge is 2.29. The van der Waals surface area contributed by atoms with Gasteiger partial charge in [-0.25, -0.2) is 4.68 Å². The number of carbonyl (C=O) groups is 2. The molecule has 1 heterocycles. The molecule has 2 aromatic rings. The molecule has 26 heavy (non-hydrogen) atoms. The smallest absolute Gasteiger partial charge is 0.267 e. The standard InChI is InChI=1S/C18H21N3O5/c1-11(22)17(18(24)20(2)3)21-16(23)9-7-14(19-21)13-10-12(25-4)6-8-15(13)26-5/h6-10,17H,1-5H3. The summed E-state index contributed by atoms with van der Waals surface area (Å²) in [6, 6.07) is 6.58. The van der Waals surface area contributed by atoms with Crippen LogP contribution >= 0.6 is 0 Å². The molecule has 0 spiro atoms. The van der Waals surface area contributed by atoms with Gasteiger partial charge >= 0.3 is 0 Å². The van der Waals surface area contributed by atoms with E-state index in [0.717, 1.165) is 4.68 Å². The van der Waals surface area contributed by atoms with Gasteiger partial charge in [0.15, 0.2) is 11.8 Å². The van der Waals surface area contributed by atoms with Crippen molar-refractivity contribution in [3.05, 3.63) is 40.7 Å². The molecule has 1 amide bonds. The third kappa shape index (κ3) is 3.74. The van der Waals surface area contributed by atoms with Crippen LogP contribution < -0.4 is 15.0 Å². The van der Waals surface area contributed by atoms with Crippen molar-refractivity contribution in [2.24, 2.45) is 0 Å².